The maximum atomic E-state index is 14.0. The predicted molar refractivity (Wildman–Crippen MR) is 104 cm³/mol. The van der Waals surface area contributed by atoms with Gasteiger partial charge in [-0.05, 0) is 48.4 Å². The summed E-state index contributed by atoms with van der Waals surface area (Å²) in [5.41, 5.74) is 4.61. The van der Waals surface area contributed by atoms with E-state index in [1.54, 1.807) is 6.07 Å². The molecule has 0 N–H and O–H groups in total. The van der Waals surface area contributed by atoms with E-state index in [1.165, 1.54) is 12.1 Å². The van der Waals surface area contributed by atoms with E-state index in [4.69, 9.17) is 4.74 Å². The predicted octanol–water partition coefficient (Wildman–Crippen LogP) is 5.45. The number of halogens is 1. The molecular formula is C23H18FNO2. The quantitative estimate of drug-likeness (QED) is 0.444. The fourth-order valence-electron chi connectivity index (χ4n) is 3.21. The first-order chi connectivity index (χ1) is 13.2. The van der Waals surface area contributed by atoms with Crippen LogP contribution in [0.2, 0.25) is 0 Å². The van der Waals surface area contributed by atoms with Crippen molar-refractivity contribution in [1.29, 1.82) is 0 Å². The molecule has 0 radical (unpaired) electrons. The molecule has 0 aliphatic carbocycles. The minimum absolute atomic E-state index is 0.363. The lowest BCUT2D eigenvalue weighted by Crippen LogP contribution is -1.99. The zero-order chi connectivity index (χ0) is 18.8. The minimum atomic E-state index is -0.375. The van der Waals surface area contributed by atoms with Crippen LogP contribution >= 0.6 is 0 Å². The molecule has 3 nitrogen and oxygen atoms in total. The second-order valence-corrected chi connectivity index (χ2v) is 6.48. The fourth-order valence-corrected chi connectivity index (χ4v) is 3.21. The Morgan fingerprint density at radius 2 is 1.81 bits per heavy atom. The average molecular weight is 359 g/mol. The smallest absolute Gasteiger partial charge is 0.167 e. The number of aromatic nitrogens is 1. The number of benzene rings is 2. The van der Waals surface area contributed by atoms with E-state index in [0.29, 0.717) is 29.2 Å². The van der Waals surface area contributed by atoms with Crippen molar-refractivity contribution >= 4 is 11.8 Å². The van der Waals surface area contributed by atoms with Gasteiger partial charge in [-0.25, -0.2) is 4.39 Å². The molecule has 2 aromatic carbocycles. The fraction of sp³-hybridized carbons (Fsp3) is 0.0870. The molecule has 0 amide bonds. The molecule has 0 aliphatic rings. The summed E-state index contributed by atoms with van der Waals surface area (Å²) in [7, 11) is 0. The number of aryl methyl sites for hydroxylation is 1. The van der Waals surface area contributed by atoms with Crippen molar-refractivity contribution in [3.63, 3.8) is 0 Å². The lowest BCUT2D eigenvalue weighted by Gasteiger charge is -2.12. The molecule has 2 aromatic heterocycles. The molecule has 4 heteroatoms. The zero-order valence-electron chi connectivity index (χ0n) is 14.9. The summed E-state index contributed by atoms with van der Waals surface area (Å²) in [6.07, 6.45) is 2.69. The van der Waals surface area contributed by atoms with E-state index in [9.17, 15) is 9.18 Å². The lowest BCUT2D eigenvalue weighted by atomic mass is 10.0. The summed E-state index contributed by atoms with van der Waals surface area (Å²) in [5.74, 6) is 0.163. The van der Waals surface area contributed by atoms with Crippen molar-refractivity contribution in [3.05, 3.63) is 95.6 Å². The topological polar surface area (TPSA) is 30.7 Å². The van der Waals surface area contributed by atoms with Crippen LogP contribution in [0.15, 0.2) is 72.9 Å². The van der Waals surface area contributed by atoms with Crippen LogP contribution in [0.4, 0.5) is 4.39 Å². The van der Waals surface area contributed by atoms with Gasteiger partial charge >= 0.3 is 0 Å². The molecule has 2 heterocycles. The average Bonchev–Trinajstić information content (AvgIpc) is 3.05. The zero-order valence-corrected chi connectivity index (χ0v) is 14.9. The van der Waals surface area contributed by atoms with Gasteiger partial charge in [0, 0.05) is 22.8 Å². The molecule has 0 bridgehead atoms. The first-order valence-electron chi connectivity index (χ1n) is 8.69. The SMILES string of the molecule is Cc1ccc2cc(-c3cc(F)ccc3OCc3ccccc3)c(C=O)n2c1. The molecule has 0 aliphatic heterocycles. The van der Waals surface area contributed by atoms with E-state index in [1.807, 2.05) is 66.1 Å². The summed E-state index contributed by atoms with van der Waals surface area (Å²) in [6, 6.07) is 19.9. The number of hydrogen-bond donors (Lipinski definition) is 0. The third kappa shape index (κ3) is 3.34. The normalized spacial score (nSPS) is 10.9. The number of ether oxygens (including phenoxy) is 1. The van der Waals surface area contributed by atoms with Gasteiger partial charge in [-0.15, -0.1) is 0 Å². The molecule has 0 spiro atoms. The molecule has 4 aromatic rings. The van der Waals surface area contributed by atoms with Gasteiger partial charge in [-0.3, -0.25) is 4.79 Å². The van der Waals surface area contributed by atoms with Crippen molar-refractivity contribution in [2.75, 3.05) is 0 Å². The van der Waals surface area contributed by atoms with E-state index < -0.39 is 0 Å². The summed E-state index contributed by atoms with van der Waals surface area (Å²) in [4.78, 5) is 11.8. The molecule has 134 valence electrons. The van der Waals surface area contributed by atoms with Crippen molar-refractivity contribution < 1.29 is 13.9 Å². The number of carbonyl (C=O) groups excluding carboxylic acids is 1. The Kier molecular flexibility index (Phi) is 4.47. The highest BCUT2D eigenvalue weighted by atomic mass is 19.1. The monoisotopic (exact) mass is 359 g/mol. The van der Waals surface area contributed by atoms with Gasteiger partial charge in [0.25, 0.3) is 0 Å². The highest BCUT2D eigenvalue weighted by Crippen LogP contribution is 2.35. The highest BCUT2D eigenvalue weighted by Gasteiger charge is 2.16. The van der Waals surface area contributed by atoms with E-state index in [-0.39, 0.29) is 5.82 Å². The molecule has 27 heavy (non-hydrogen) atoms. The van der Waals surface area contributed by atoms with E-state index in [2.05, 4.69) is 0 Å². The number of nitrogens with zero attached hydrogens (tertiary/aromatic N) is 1. The molecule has 0 saturated heterocycles. The Bertz CT molecular complexity index is 1120. The number of pyridine rings is 1. The van der Waals surface area contributed by atoms with E-state index in [0.717, 1.165) is 22.9 Å². The van der Waals surface area contributed by atoms with Gasteiger partial charge in [-0.2, -0.15) is 0 Å². The Labute approximate surface area is 156 Å². The molecule has 4 rings (SSSR count). The lowest BCUT2D eigenvalue weighted by molar-refractivity contribution is 0.111. The first kappa shape index (κ1) is 17.0. The second kappa shape index (κ2) is 7.08. The minimum Gasteiger partial charge on any atom is -0.488 e. The van der Waals surface area contributed by atoms with Crippen molar-refractivity contribution in [1.82, 2.24) is 4.40 Å². The molecule has 0 unspecified atom stereocenters. The molecular weight excluding hydrogens is 341 g/mol. The third-order valence-corrected chi connectivity index (χ3v) is 4.54. The molecule has 0 saturated carbocycles. The summed E-state index contributed by atoms with van der Waals surface area (Å²) in [6.45, 7) is 2.33. The Hall–Kier alpha value is -3.40. The highest BCUT2D eigenvalue weighted by molar-refractivity contribution is 5.91. The van der Waals surface area contributed by atoms with Crippen LogP contribution < -0.4 is 4.74 Å². The van der Waals surface area contributed by atoms with Crippen LogP contribution in [-0.2, 0) is 6.61 Å². The van der Waals surface area contributed by atoms with Crippen LogP contribution in [0.5, 0.6) is 5.75 Å². The first-order valence-corrected chi connectivity index (χ1v) is 8.69. The van der Waals surface area contributed by atoms with Gasteiger partial charge in [-0.1, -0.05) is 36.4 Å². The van der Waals surface area contributed by atoms with E-state index >= 15 is 0 Å². The Balaban J connectivity index is 1.80. The Morgan fingerprint density at radius 3 is 2.59 bits per heavy atom. The number of hydrogen-bond acceptors (Lipinski definition) is 2. The molecule has 0 fully saturated rings. The van der Waals surface area contributed by atoms with Gasteiger partial charge in [0.05, 0.1) is 5.69 Å². The number of carbonyl (C=O) groups is 1. The van der Waals surface area contributed by atoms with Crippen LogP contribution in [0.1, 0.15) is 21.6 Å². The van der Waals surface area contributed by atoms with Crippen LogP contribution in [0, 0.1) is 12.7 Å². The van der Waals surface area contributed by atoms with Gasteiger partial charge in [0.1, 0.15) is 18.2 Å². The van der Waals surface area contributed by atoms with Gasteiger partial charge in [0.15, 0.2) is 6.29 Å². The second-order valence-electron chi connectivity index (χ2n) is 6.48. The van der Waals surface area contributed by atoms with Gasteiger partial charge in [0.2, 0.25) is 0 Å². The van der Waals surface area contributed by atoms with Crippen molar-refractivity contribution in [3.8, 4) is 16.9 Å². The standard InChI is InChI=1S/C23H18FNO2/c1-16-7-9-19-12-20(22(14-26)25(19)13-16)21-11-18(24)8-10-23(21)27-15-17-5-3-2-4-6-17/h2-14H,15H2,1H3. The summed E-state index contributed by atoms with van der Waals surface area (Å²) in [5, 5.41) is 0. The maximum absolute atomic E-state index is 14.0. The van der Waals surface area contributed by atoms with Crippen LogP contribution in [0.3, 0.4) is 0 Å². The summed E-state index contributed by atoms with van der Waals surface area (Å²) < 4.78 is 21.8. The third-order valence-electron chi connectivity index (χ3n) is 4.54. The van der Waals surface area contributed by atoms with Crippen molar-refractivity contribution in [2.24, 2.45) is 0 Å². The molecule has 0 atom stereocenters. The number of fused-ring (bicyclic) bond motifs is 1. The number of aldehydes is 1. The van der Waals surface area contributed by atoms with Crippen LogP contribution in [-0.4, -0.2) is 10.7 Å². The van der Waals surface area contributed by atoms with Crippen molar-refractivity contribution in [2.45, 2.75) is 13.5 Å². The summed E-state index contributed by atoms with van der Waals surface area (Å²) >= 11 is 0. The van der Waals surface area contributed by atoms with Crippen LogP contribution in [0.25, 0.3) is 16.6 Å². The maximum Gasteiger partial charge on any atom is 0.167 e. The number of rotatable bonds is 5. The largest absolute Gasteiger partial charge is 0.488 e. The van der Waals surface area contributed by atoms with Gasteiger partial charge < -0.3 is 9.14 Å². The Morgan fingerprint density at radius 1 is 1.00 bits per heavy atom.